The van der Waals surface area contributed by atoms with Crippen LogP contribution in [0.15, 0.2) is 75.7 Å². The van der Waals surface area contributed by atoms with E-state index in [-0.39, 0.29) is 11.4 Å². The second-order valence-electron chi connectivity index (χ2n) is 5.10. The van der Waals surface area contributed by atoms with Crippen molar-refractivity contribution in [1.29, 1.82) is 0 Å². The van der Waals surface area contributed by atoms with E-state index in [0.29, 0.717) is 11.5 Å². The molecule has 0 unspecified atom stereocenters. The van der Waals surface area contributed by atoms with E-state index in [0.717, 1.165) is 8.95 Å². The largest absolute Gasteiger partial charge is 0.422 e. The molecule has 0 aliphatic carbocycles. The number of halogens is 2. The number of carbonyl (C=O) groups is 2. The average molecular weight is 477 g/mol. The van der Waals surface area contributed by atoms with Gasteiger partial charge in [0.2, 0.25) is 0 Å². The molecule has 3 aromatic rings. The van der Waals surface area contributed by atoms with Gasteiger partial charge < -0.3 is 9.47 Å². The third kappa shape index (κ3) is 4.77. The molecule has 0 radical (unpaired) electrons. The zero-order chi connectivity index (χ0) is 18.5. The third-order valence-electron chi connectivity index (χ3n) is 3.18. The van der Waals surface area contributed by atoms with Crippen LogP contribution in [0.1, 0.15) is 21.0 Å². The SMILES string of the molecule is O=C(Oc1cccc(Br)c1)c1cccc(C(=O)Oc2cccc(Br)c2)n1. The molecule has 1 heterocycles. The Kier molecular flexibility index (Phi) is 5.80. The number of ether oxygens (including phenoxy) is 2. The van der Waals surface area contributed by atoms with Crippen LogP contribution < -0.4 is 9.47 Å². The number of rotatable bonds is 4. The van der Waals surface area contributed by atoms with E-state index in [9.17, 15) is 9.59 Å². The van der Waals surface area contributed by atoms with Crippen molar-refractivity contribution in [3.05, 3.63) is 87.1 Å². The molecular formula is C19H11Br2NO4. The van der Waals surface area contributed by atoms with Gasteiger partial charge in [-0.3, -0.25) is 0 Å². The smallest absolute Gasteiger partial charge is 0.362 e. The quantitative estimate of drug-likeness (QED) is 0.389. The van der Waals surface area contributed by atoms with Crippen LogP contribution in [0.3, 0.4) is 0 Å². The van der Waals surface area contributed by atoms with Gasteiger partial charge in [-0.1, -0.05) is 50.1 Å². The maximum Gasteiger partial charge on any atom is 0.362 e. The first-order valence-electron chi connectivity index (χ1n) is 7.44. The number of aromatic nitrogens is 1. The monoisotopic (exact) mass is 475 g/mol. The molecule has 0 N–H and O–H groups in total. The van der Waals surface area contributed by atoms with Gasteiger partial charge in [0, 0.05) is 8.95 Å². The lowest BCUT2D eigenvalue weighted by atomic mass is 10.3. The van der Waals surface area contributed by atoms with Gasteiger partial charge in [0.1, 0.15) is 22.9 Å². The molecule has 0 spiro atoms. The van der Waals surface area contributed by atoms with E-state index in [2.05, 4.69) is 36.8 Å². The fourth-order valence-electron chi connectivity index (χ4n) is 2.04. The number of carbonyl (C=O) groups excluding carboxylic acids is 2. The highest BCUT2D eigenvalue weighted by Gasteiger charge is 2.16. The molecule has 0 saturated carbocycles. The Bertz CT molecular complexity index is 900. The van der Waals surface area contributed by atoms with E-state index >= 15 is 0 Å². The van der Waals surface area contributed by atoms with E-state index < -0.39 is 11.9 Å². The molecule has 0 saturated heterocycles. The van der Waals surface area contributed by atoms with E-state index in [1.807, 2.05) is 12.1 Å². The topological polar surface area (TPSA) is 65.5 Å². The Labute approximate surface area is 166 Å². The van der Waals surface area contributed by atoms with E-state index in [4.69, 9.17) is 9.47 Å². The summed E-state index contributed by atoms with van der Waals surface area (Å²) in [4.78, 5) is 28.5. The van der Waals surface area contributed by atoms with Crippen LogP contribution in [0.4, 0.5) is 0 Å². The van der Waals surface area contributed by atoms with Gasteiger partial charge in [-0.25, -0.2) is 14.6 Å². The maximum absolute atomic E-state index is 12.2. The van der Waals surface area contributed by atoms with E-state index in [1.165, 1.54) is 12.1 Å². The molecular weight excluding hydrogens is 466 g/mol. The lowest BCUT2D eigenvalue weighted by molar-refractivity contribution is 0.0722. The number of nitrogens with zero attached hydrogens (tertiary/aromatic N) is 1. The second kappa shape index (κ2) is 8.25. The molecule has 0 amide bonds. The molecule has 26 heavy (non-hydrogen) atoms. The normalized spacial score (nSPS) is 10.2. The fraction of sp³-hybridized carbons (Fsp3) is 0. The van der Waals surface area contributed by atoms with Crippen molar-refractivity contribution in [2.75, 3.05) is 0 Å². The van der Waals surface area contributed by atoms with Crippen LogP contribution >= 0.6 is 31.9 Å². The summed E-state index contributed by atoms with van der Waals surface area (Å²) in [6, 6.07) is 18.2. The molecule has 0 aliphatic rings. The molecule has 3 rings (SSSR count). The Morgan fingerprint density at radius 3 is 1.54 bits per heavy atom. The molecule has 0 atom stereocenters. The van der Waals surface area contributed by atoms with Gasteiger partial charge in [0.05, 0.1) is 0 Å². The minimum absolute atomic E-state index is 0.00803. The maximum atomic E-state index is 12.2. The molecule has 5 nitrogen and oxygen atoms in total. The first-order chi connectivity index (χ1) is 12.5. The lowest BCUT2D eigenvalue weighted by Crippen LogP contribution is -2.15. The summed E-state index contributed by atoms with van der Waals surface area (Å²) in [6.07, 6.45) is 0. The molecule has 7 heteroatoms. The molecule has 130 valence electrons. The van der Waals surface area contributed by atoms with Crippen LogP contribution in [-0.4, -0.2) is 16.9 Å². The predicted octanol–water partition coefficient (Wildman–Crippen LogP) is 5.05. The van der Waals surface area contributed by atoms with Crippen LogP contribution in [0.25, 0.3) is 0 Å². The first kappa shape index (κ1) is 18.3. The Hall–Kier alpha value is -2.51. The van der Waals surface area contributed by atoms with Crippen LogP contribution in [0.2, 0.25) is 0 Å². The van der Waals surface area contributed by atoms with E-state index in [1.54, 1.807) is 42.5 Å². The highest BCUT2D eigenvalue weighted by atomic mass is 79.9. The van der Waals surface area contributed by atoms with Gasteiger partial charge in [0.25, 0.3) is 0 Å². The van der Waals surface area contributed by atoms with Crippen LogP contribution in [-0.2, 0) is 0 Å². The Morgan fingerprint density at radius 1 is 0.692 bits per heavy atom. The summed E-state index contributed by atoms with van der Waals surface area (Å²) < 4.78 is 12.1. The number of hydrogen-bond donors (Lipinski definition) is 0. The number of hydrogen-bond acceptors (Lipinski definition) is 5. The van der Waals surface area contributed by atoms with Crippen molar-refractivity contribution >= 4 is 43.8 Å². The Morgan fingerprint density at radius 2 is 1.12 bits per heavy atom. The molecule has 0 fully saturated rings. The van der Waals surface area contributed by atoms with Gasteiger partial charge in [-0.05, 0) is 48.5 Å². The first-order valence-corrected chi connectivity index (χ1v) is 9.02. The summed E-state index contributed by atoms with van der Waals surface area (Å²) in [7, 11) is 0. The van der Waals surface area contributed by atoms with Crippen molar-refractivity contribution in [2.24, 2.45) is 0 Å². The third-order valence-corrected chi connectivity index (χ3v) is 4.17. The Balaban J connectivity index is 1.75. The minimum Gasteiger partial charge on any atom is -0.422 e. The fourth-order valence-corrected chi connectivity index (χ4v) is 2.80. The predicted molar refractivity (Wildman–Crippen MR) is 102 cm³/mol. The van der Waals surface area contributed by atoms with Crippen molar-refractivity contribution in [3.63, 3.8) is 0 Å². The molecule has 2 aromatic carbocycles. The summed E-state index contributed by atoms with van der Waals surface area (Å²) in [5.74, 6) is -0.595. The summed E-state index contributed by atoms with van der Waals surface area (Å²) in [5, 5.41) is 0. The zero-order valence-corrected chi connectivity index (χ0v) is 16.4. The van der Waals surface area contributed by atoms with Crippen molar-refractivity contribution < 1.29 is 19.1 Å². The summed E-state index contributed by atoms with van der Waals surface area (Å²) in [5.41, 5.74) is 0.0161. The number of benzene rings is 2. The molecule has 0 bridgehead atoms. The molecule has 0 aliphatic heterocycles. The summed E-state index contributed by atoms with van der Waals surface area (Å²) >= 11 is 6.61. The highest BCUT2D eigenvalue weighted by Crippen LogP contribution is 2.20. The van der Waals surface area contributed by atoms with Crippen molar-refractivity contribution in [2.45, 2.75) is 0 Å². The average Bonchev–Trinajstić information content (AvgIpc) is 2.62. The minimum atomic E-state index is -0.666. The van der Waals surface area contributed by atoms with Gasteiger partial charge in [-0.2, -0.15) is 0 Å². The highest BCUT2D eigenvalue weighted by molar-refractivity contribution is 9.10. The van der Waals surface area contributed by atoms with Gasteiger partial charge in [0.15, 0.2) is 0 Å². The van der Waals surface area contributed by atoms with Gasteiger partial charge >= 0.3 is 11.9 Å². The summed E-state index contributed by atoms with van der Waals surface area (Å²) in [6.45, 7) is 0. The van der Waals surface area contributed by atoms with Crippen molar-refractivity contribution in [1.82, 2.24) is 4.98 Å². The zero-order valence-electron chi connectivity index (χ0n) is 13.2. The van der Waals surface area contributed by atoms with Crippen LogP contribution in [0.5, 0.6) is 11.5 Å². The van der Waals surface area contributed by atoms with Crippen molar-refractivity contribution in [3.8, 4) is 11.5 Å². The molecule has 1 aromatic heterocycles. The number of esters is 2. The lowest BCUT2D eigenvalue weighted by Gasteiger charge is -2.07. The standard InChI is InChI=1S/C19H11Br2NO4/c20-12-4-1-6-14(10-12)25-18(23)16-8-3-9-17(22-16)19(24)26-15-7-2-5-13(21)11-15/h1-11H. The second-order valence-corrected chi connectivity index (χ2v) is 6.93. The van der Waals surface area contributed by atoms with Gasteiger partial charge in [-0.15, -0.1) is 0 Å². The van der Waals surface area contributed by atoms with Crippen LogP contribution in [0, 0.1) is 0 Å². The number of pyridine rings is 1.